The highest BCUT2D eigenvalue weighted by atomic mass is 14.1. The largest absolute Gasteiger partial charge is 0.0622 e. The van der Waals surface area contributed by atoms with Crippen LogP contribution in [0.25, 0.3) is 44.5 Å². The van der Waals surface area contributed by atoms with Crippen molar-refractivity contribution in [2.75, 3.05) is 0 Å². The third kappa shape index (κ3) is 4.13. The van der Waals surface area contributed by atoms with Gasteiger partial charge in [0.05, 0.1) is 0 Å². The summed E-state index contributed by atoms with van der Waals surface area (Å²) >= 11 is 0. The van der Waals surface area contributed by atoms with Crippen LogP contribution in [-0.2, 0) is 0 Å². The fourth-order valence-corrected chi connectivity index (χ4v) is 4.31. The maximum absolute atomic E-state index is 2.31. The zero-order valence-electron chi connectivity index (χ0n) is 18.5. The minimum absolute atomic E-state index is 1.24. The van der Waals surface area contributed by atoms with Crippen molar-refractivity contribution in [3.8, 4) is 44.5 Å². The standard InChI is InChI=1S/C32H26/c1-23-9-6-12-26(19-23)27-13-7-14-28(20-27)29-15-8-16-31(21-29)32-22-30(18-17-24(32)2)25-10-4-3-5-11-25/h3-22H,1-2H3. The molecule has 0 saturated heterocycles. The molecule has 5 rings (SSSR count). The Morgan fingerprint density at radius 2 is 0.844 bits per heavy atom. The molecular formula is C32H26. The topological polar surface area (TPSA) is 0 Å². The van der Waals surface area contributed by atoms with Gasteiger partial charge in [-0.1, -0.05) is 109 Å². The number of hydrogen-bond donors (Lipinski definition) is 0. The normalized spacial score (nSPS) is 10.8. The Morgan fingerprint density at radius 3 is 1.50 bits per heavy atom. The van der Waals surface area contributed by atoms with Crippen LogP contribution in [-0.4, -0.2) is 0 Å². The summed E-state index contributed by atoms with van der Waals surface area (Å²) in [5, 5.41) is 0. The van der Waals surface area contributed by atoms with Crippen LogP contribution < -0.4 is 0 Å². The summed E-state index contributed by atoms with van der Waals surface area (Å²) in [4.78, 5) is 0. The SMILES string of the molecule is Cc1cccc(-c2cccc(-c3cccc(-c4cc(-c5ccccc5)ccc4C)c3)c2)c1. The second kappa shape index (κ2) is 8.69. The fourth-order valence-electron chi connectivity index (χ4n) is 4.31. The van der Waals surface area contributed by atoms with E-state index in [0.717, 1.165) is 0 Å². The highest BCUT2D eigenvalue weighted by Crippen LogP contribution is 2.33. The maximum Gasteiger partial charge on any atom is -0.0148 e. The first-order valence-corrected chi connectivity index (χ1v) is 11.1. The van der Waals surface area contributed by atoms with Crippen LogP contribution in [0.1, 0.15) is 11.1 Å². The van der Waals surface area contributed by atoms with Gasteiger partial charge in [0.2, 0.25) is 0 Å². The second-order valence-electron chi connectivity index (χ2n) is 8.43. The van der Waals surface area contributed by atoms with E-state index in [9.17, 15) is 0 Å². The van der Waals surface area contributed by atoms with Gasteiger partial charge in [0.1, 0.15) is 0 Å². The average Bonchev–Trinajstić information content (AvgIpc) is 2.85. The molecule has 0 amide bonds. The van der Waals surface area contributed by atoms with Crippen molar-refractivity contribution in [3.63, 3.8) is 0 Å². The van der Waals surface area contributed by atoms with Crippen LogP contribution in [0.2, 0.25) is 0 Å². The fraction of sp³-hybridized carbons (Fsp3) is 0.0625. The van der Waals surface area contributed by atoms with E-state index in [2.05, 4.69) is 135 Å². The van der Waals surface area contributed by atoms with Gasteiger partial charge in [-0.15, -0.1) is 0 Å². The Hall–Kier alpha value is -3.90. The van der Waals surface area contributed by atoms with Gasteiger partial charge in [0.25, 0.3) is 0 Å². The number of rotatable bonds is 4. The van der Waals surface area contributed by atoms with Crippen molar-refractivity contribution < 1.29 is 0 Å². The van der Waals surface area contributed by atoms with Crippen molar-refractivity contribution in [1.82, 2.24) is 0 Å². The molecule has 0 aliphatic heterocycles. The summed E-state index contributed by atoms with van der Waals surface area (Å²) in [6.45, 7) is 4.33. The number of hydrogen-bond acceptors (Lipinski definition) is 0. The second-order valence-corrected chi connectivity index (χ2v) is 8.43. The van der Waals surface area contributed by atoms with Crippen molar-refractivity contribution in [1.29, 1.82) is 0 Å². The lowest BCUT2D eigenvalue weighted by atomic mass is 9.92. The zero-order valence-corrected chi connectivity index (χ0v) is 18.5. The van der Waals surface area contributed by atoms with Gasteiger partial charge in [-0.05, 0) is 82.1 Å². The third-order valence-electron chi connectivity index (χ3n) is 6.07. The molecule has 0 nitrogen and oxygen atoms in total. The Balaban J connectivity index is 1.55. The lowest BCUT2D eigenvalue weighted by Crippen LogP contribution is -1.87. The van der Waals surface area contributed by atoms with Gasteiger partial charge in [-0.2, -0.15) is 0 Å². The minimum atomic E-state index is 1.24. The van der Waals surface area contributed by atoms with Crippen molar-refractivity contribution in [2.24, 2.45) is 0 Å². The van der Waals surface area contributed by atoms with Gasteiger partial charge in [-0.3, -0.25) is 0 Å². The Kier molecular flexibility index (Phi) is 5.44. The summed E-state index contributed by atoms with van der Waals surface area (Å²) in [7, 11) is 0. The van der Waals surface area contributed by atoms with Crippen LogP contribution in [0.3, 0.4) is 0 Å². The Labute approximate surface area is 190 Å². The van der Waals surface area contributed by atoms with Crippen LogP contribution in [0, 0.1) is 13.8 Å². The predicted molar refractivity (Wildman–Crippen MR) is 138 cm³/mol. The highest BCUT2D eigenvalue weighted by Gasteiger charge is 2.08. The molecule has 0 aliphatic rings. The van der Waals surface area contributed by atoms with Crippen LogP contribution in [0.5, 0.6) is 0 Å². The zero-order chi connectivity index (χ0) is 21.9. The molecule has 0 aliphatic carbocycles. The molecule has 5 aromatic rings. The van der Waals surface area contributed by atoms with E-state index < -0.39 is 0 Å². The van der Waals surface area contributed by atoms with Crippen molar-refractivity contribution in [3.05, 3.63) is 132 Å². The van der Waals surface area contributed by atoms with Gasteiger partial charge in [0.15, 0.2) is 0 Å². The molecule has 0 saturated carbocycles. The van der Waals surface area contributed by atoms with Gasteiger partial charge in [0, 0.05) is 0 Å². The molecule has 0 heterocycles. The quantitative estimate of drug-likeness (QED) is 0.277. The molecule has 0 N–H and O–H groups in total. The van der Waals surface area contributed by atoms with Crippen molar-refractivity contribution >= 4 is 0 Å². The van der Waals surface area contributed by atoms with E-state index in [1.807, 2.05) is 0 Å². The number of aryl methyl sites for hydroxylation is 2. The molecule has 0 unspecified atom stereocenters. The first-order chi connectivity index (χ1) is 15.7. The number of benzene rings is 5. The molecule has 0 radical (unpaired) electrons. The van der Waals surface area contributed by atoms with E-state index in [0.29, 0.717) is 0 Å². The lowest BCUT2D eigenvalue weighted by molar-refractivity contribution is 1.45. The van der Waals surface area contributed by atoms with Crippen LogP contribution >= 0.6 is 0 Å². The van der Waals surface area contributed by atoms with E-state index in [1.54, 1.807) is 0 Å². The summed E-state index contributed by atoms with van der Waals surface area (Å²) in [6, 6.07) is 43.8. The van der Waals surface area contributed by atoms with E-state index >= 15 is 0 Å². The Bertz CT molecular complexity index is 1380. The average molecular weight is 411 g/mol. The monoisotopic (exact) mass is 410 g/mol. The maximum atomic E-state index is 2.31. The summed E-state index contributed by atoms with van der Waals surface area (Å²) < 4.78 is 0. The molecule has 0 atom stereocenters. The Morgan fingerprint density at radius 1 is 0.344 bits per heavy atom. The highest BCUT2D eigenvalue weighted by molar-refractivity contribution is 5.80. The summed E-state index contributed by atoms with van der Waals surface area (Å²) in [5.41, 5.74) is 12.6. The van der Waals surface area contributed by atoms with E-state index in [-0.39, 0.29) is 0 Å². The van der Waals surface area contributed by atoms with Gasteiger partial charge < -0.3 is 0 Å². The van der Waals surface area contributed by atoms with Gasteiger partial charge >= 0.3 is 0 Å². The third-order valence-corrected chi connectivity index (χ3v) is 6.07. The molecule has 32 heavy (non-hydrogen) atoms. The van der Waals surface area contributed by atoms with E-state index in [4.69, 9.17) is 0 Å². The van der Waals surface area contributed by atoms with Gasteiger partial charge in [-0.25, -0.2) is 0 Å². The minimum Gasteiger partial charge on any atom is -0.0622 e. The first kappa shape index (κ1) is 20.0. The molecule has 0 spiro atoms. The molecule has 0 bridgehead atoms. The van der Waals surface area contributed by atoms with Crippen LogP contribution in [0.4, 0.5) is 0 Å². The molecule has 154 valence electrons. The smallest absolute Gasteiger partial charge is 0.0148 e. The van der Waals surface area contributed by atoms with Crippen molar-refractivity contribution in [2.45, 2.75) is 13.8 Å². The molecule has 5 aromatic carbocycles. The molecule has 0 aromatic heterocycles. The van der Waals surface area contributed by atoms with E-state index in [1.165, 1.54) is 55.6 Å². The first-order valence-electron chi connectivity index (χ1n) is 11.1. The summed E-state index contributed by atoms with van der Waals surface area (Å²) in [5.74, 6) is 0. The molecule has 0 heteroatoms. The predicted octanol–water partition coefficient (Wildman–Crippen LogP) is 8.97. The molecular weight excluding hydrogens is 384 g/mol. The van der Waals surface area contributed by atoms with Crippen LogP contribution in [0.15, 0.2) is 121 Å². The lowest BCUT2D eigenvalue weighted by Gasteiger charge is -2.12. The summed E-state index contributed by atoms with van der Waals surface area (Å²) in [6.07, 6.45) is 0. The molecule has 0 fully saturated rings.